The third-order valence-corrected chi connectivity index (χ3v) is 2.68. The Morgan fingerprint density at radius 3 is 2.56 bits per heavy atom. The molecule has 0 spiro atoms. The quantitative estimate of drug-likeness (QED) is 0.722. The van der Waals surface area contributed by atoms with Crippen molar-refractivity contribution in [2.45, 2.75) is 25.8 Å². The molecule has 0 bridgehead atoms. The van der Waals surface area contributed by atoms with E-state index in [2.05, 4.69) is 5.32 Å². The lowest BCUT2D eigenvalue weighted by Crippen LogP contribution is -2.50. The summed E-state index contributed by atoms with van der Waals surface area (Å²) in [4.78, 5) is 22.6. The van der Waals surface area contributed by atoms with E-state index in [9.17, 15) is 9.59 Å². The maximum absolute atomic E-state index is 11.7. The maximum Gasteiger partial charge on any atom is 0.328 e. The van der Waals surface area contributed by atoms with Crippen molar-refractivity contribution in [3.8, 4) is 0 Å². The highest BCUT2D eigenvalue weighted by Crippen LogP contribution is 2.18. The fourth-order valence-corrected chi connectivity index (χ4v) is 1.53. The molecule has 0 aliphatic carbocycles. The van der Waals surface area contributed by atoms with Crippen molar-refractivity contribution in [2.75, 3.05) is 5.73 Å². The van der Waals surface area contributed by atoms with E-state index in [-0.39, 0.29) is 6.42 Å². The van der Waals surface area contributed by atoms with Crippen LogP contribution in [-0.2, 0) is 16.0 Å². The van der Waals surface area contributed by atoms with Gasteiger partial charge in [-0.1, -0.05) is 17.7 Å². The highest BCUT2D eigenvalue weighted by Gasteiger charge is 2.28. The summed E-state index contributed by atoms with van der Waals surface area (Å²) in [6.07, 6.45) is 0.0136. The highest BCUT2D eigenvalue weighted by molar-refractivity contribution is 6.30. The van der Waals surface area contributed by atoms with Gasteiger partial charge in [-0.15, -0.1) is 0 Å². The van der Waals surface area contributed by atoms with Crippen molar-refractivity contribution in [3.05, 3.63) is 28.8 Å². The summed E-state index contributed by atoms with van der Waals surface area (Å²) in [5, 5.41) is 11.8. The number of nitrogens with two attached hydrogens (primary N) is 1. The van der Waals surface area contributed by atoms with Gasteiger partial charge in [0.25, 0.3) is 0 Å². The van der Waals surface area contributed by atoms with Crippen molar-refractivity contribution in [1.82, 2.24) is 5.32 Å². The van der Waals surface area contributed by atoms with Crippen molar-refractivity contribution in [2.24, 2.45) is 0 Å². The molecule has 1 aromatic carbocycles. The molecule has 18 heavy (non-hydrogen) atoms. The Morgan fingerprint density at radius 2 is 2.06 bits per heavy atom. The Kier molecular flexibility index (Phi) is 4.19. The van der Waals surface area contributed by atoms with Gasteiger partial charge in [0.1, 0.15) is 5.54 Å². The lowest BCUT2D eigenvalue weighted by Gasteiger charge is -2.21. The van der Waals surface area contributed by atoms with Crippen LogP contribution in [0.3, 0.4) is 0 Å². The molecule has 5 nitrogen and oxygen atoms in total. The first-order valence-electron chi connectivity index (χ1n) is 5.30. The number of carbonyl (C=O) groups is 2. The van der Waals surface area contributed by atoms with Crippen LogP contribution >= 0.6 is 11.6 Å². The Balaban J connectivity index is 2.74. The molecule has 0 aliphatic heterocycles. The van der Waals surface area contributed by atoms with E-state index in [0.29, 0.717) is 16.3 Å². The number of hydrogen-bond donors (Lipinski definition) is 3. The van der Waals surface area contributed by atoms with E-state index in [1.807, 2.05) is 0 Å². The fraction of sp³-hybridized carbons (Fsp3) is 0.333. The predicted molar refractivity (Wildman–Crippen MR) is 69.4 cm³/mol. The van der Waals surface area contributed by atoms with Crippen LogP contribution in [0.1, 0.15) is 19.4 Å². The zero-order chi connectivity index (χ0) is 13.9. The number of carbonyl (C=O) groups excluding carboxylic acids is 1. The minimum Gasteiger partial charge on any atom is -0.480 e. The van der Waals surface area contributed by atoms with E-state index < -0.39 is 17.4 Å². The van der Waals surface area contributed by atoms with E-state index in [0.717, 1.165) is 0 Å². The summed E-state index contributed by atoms with van der Waals surface area (Å²) in [6.45, 7) is 2.83. The van der Waals surface area contributed by atoms with Crippen LogP contribution in [0.4, 0.5) is 5.69 Å². The first-order chi connectivity index (χ1) is 8.22. The molecule has 0 unspecified atom stereocenters. The topological polar surface area (TPSA) is 92.4 Å². The van der Waals surface area contributed by atoms with Gasteiger partial charge in [0.2, 0.25) is 5.91 Å². The van der Waals surface area contributed by atoms with Gasteiger partial charge < -0.3 is 16.2 Å². The zero-order valence-corrected chi connectivity index (χ0v) is 10.9. The molecule has 0 radical (unpaired) electrons. The summed E-state index contributed by atoms with van der Waals surface area (Å²) in [5.74, 6) is -1.50. The number of carboxylic acid groups (broad SMARTS) is 1. The first kappa shape index (κ1) is 14.3. The fourth-order valence-electron chi connectivity index (χ4n) is 1.35. The summed E-state index contributed by atoms with van der Waals surface area (Å²) in [7, 11) is 0. The molecule has 1 amide bonds. The number of nitrogen functional groups attached to an aromatic ring is 1. The van der Waals surface area contributed by atoms with Crippen LogP contribution in [0.15, 0.2) is 18.2 Å². The highest BCUT2D eigenvalue weighted by atomic mass is 35.5. The summed E-state index contributed by atoms with van der Waals surface area (Å²) in [6, 6.07) is 4.82. The molecular weight excluding hydrogens is 256 g/mol. The molecule has 0 aliphatic rings. The molecule has 4 N–H and O–H groups in total. The minimum absolute atomic E-state index is 0.0136. The van der Waals surface area contributed by atoms with Crippen molar-refractivity contribution < 1.29 is 14.7 Å². The van der Waals surface area contributed by atoms with Crippen molar-refractivity contribution in [1.29, 1.82) is 0 Å². The molecule has 0 saturated carbocycles. The van der Waals surface area contributed by atoms with E-state index in [1.165, 1.54) is 13.8 Å². The average molecular weight is 271 g/mol. The lowest BCUT2D eigenvalue weighted by molar-refractivity contribution is -0.145. The molecular formula is C12H15ClN2O3. The molecule has 0 fully saturated rings. The van der Waals surface area contributed by atoms with Gasteiger partial charge in [0.05, 0.1) is 6.42 Å². The smallest absolute Gasteiger partial charge is 0.328 e. The number of halogens is 1. The van der Waals surface area contributed by atoms with Gasteiger partial charge in [0.15, 0.2) is 0 Å². The molecule has 98 valence electrons. The molecule has 0 aromatic heterocycles. The number of hydrogen-bond acceptors (Lipinski definition) is 3. The van der Waals surface area contributed by atoms with Gasteiger partial charge in [-0.05, 0) is 31.5 Å². The second kappa shape index (κ2) is 5.27. The predicted octanol–water partition coefficient (Wildman–Crippen LogP) is 1.44. The van der Waals surface area contributed by atoms with E-state index >= 15 is 0 Å². The zero-order valence-electron chi connectivity index (χ0n) is 10.2. The van der Waals surface area contributed by atoms with Crippen LogP contribution < -0.4 is 11.1 Å². The Hall–Kier alpha value is -1.75. The Labute approximate surface area is 110 Å². The summed E-state index contributed by atoms with van der Waals surface area (Å²) < 4.78 is 0. The number of rotatable bonds is 4. The molecule has 0 heterocycles. The number of amides is 1. The standard InChI is InChI=1S/C12H15ClN2O3/c1-12(2,11(17)18)15-10(16)5-7-3-4-8(13)6-9(7)14/h3-4,6H,5,14H2,1-2H3,(H,15,16)(H,17,18). The van der Waals surface area contributed by atoms with Crippen molar-refractivity contribution >= 4 is 29.2 Å². The van der Waals surface area contributed by atoms with Crippen LogP contribution in [0, 0.1) is 0 Å². The van der Waals surface area contributed by atoms with Gasteiger partial charge in [-0.2, -0.15) is 0 Å². The normalized spacial score (nSPS) is 11.1. The lowest BCUT2D eigenvalue weighted by atomic mass is 10.0. The minimum atomic E-state index is -1.31. The third kappa shape index (κ3) is 3.63. The Morgan fingerprint density at radius 1 is 1.44 bits per heavy atom. The van der Waals surface area contributed by atoms with E-state index in [4.69, 9.17) is 22.4 Å². The number of carboxylic acids is 1. The molecule has 0 saturated heterocycles. The van der Waals surface area contributed by atoms with Crippen LogP contribution in [-0.4, -0.2) is 22.5 Å². The van der Waals surface area contributed by atoms with Gasteiger partial charge in [0, 0.05) is 10.7 Å². The maximum atomic E-state index is 11.7. The van der Waals surface area contributed by atoms with Gasteiger partial charge in [-0.25, -0.2) is 4.79 Å². The van der Waals surface area contributed by atoms with Crippen molar-refractivity contribution in [3.63, 3.8) is 0 Å². The third-order valence-electron chi connectivity index (χ3n) is 2.45. The van der Waals surface area contributed by atoms with Crippen LogP contribution in [0.2, 0.25) is 5.02 Å². The van der Waals surface area contributed by atoms with Gasteiger partial charge in [-0.3, -0.25) is 4.79 Å². The molecule has 1 rings (SSSR count). The van der Waals surface area contributed by atoms with Crippen LogP contribution in [0.25, 0.3) is 0 Å². The summed E-state index contributed by atoms with van der Waals surface area (Å²) in [5.41, 5.74) is 5.42. The Bertz CT molecular complexity index is 486. The summed E-state index contributed by atoms with van der Waals surface area (Å²) >= 11 is 5.74. The van der Waals surface area contributed by atoms with E-state index in [1.54, 1.807) is 18.2 Å². The second-order valence-electron chi connectivity index (χ2n) is 4.50. The van der Waals surface area contributed by atoms with Crippen LogP contribution in [0.5, 0.6) is 0 Å². The van der Waals surface area contributed by atoms with Gasteiger partial charge >= 0.3 is 5.97 Å². The number of nitrogens with one attached hydrogen (secondary N) is 1. The number of aliphatic carboxylic acids is 1. The molecule has 0 atom stereocenters. The SMILES string of the molecule is CC(C)(NC(=O)Cc1ccc(Cl)cc1N)C(=O)O. The second-order valence-corrected chi connectivity index (χ2v) is 4.93. The molecule has 1 aromatic rings. The first-order valence-corrected chi connectivity index (χ1v) is 5.68. The monoisotopic (exact) mass is 270 g/mol. The largest absolute Gasteiger partial charge is 0.480 e. The number of anilines is 1. The number of benzene rings is 1. The average Bonchev–Trinajstić information content (AvgIpc) is 2.21. The molecule has 6 heteroatoms.